The Morgan fingerprint density at radius 3 is 2.81 bits per heavy atom. The minimum atomic E-state index is -0.965. The van der Waals surface area contributed by atoms with E-state index in [-0.39, 0.29) is 24.9 Å². The zero-order valence-electron chi connectivity index (χ0n) is 18.4. The zero-order chi connectivity index (χ0) is 22.2. The molecule has 1 saturated carbocycles. The number of aryl methyl sites for hydroxylation is 1. The second-order valence-corrected chi connectivity index (χ2v) is 9.39. The first-order chi connectivity index (χ1) is 14.8. The molecular weight excluding hydrogens is 392 g/mol. The van der Waals surface area contributed by atoms with Gasteiger partial charge >= 0.3 is 0 Å². The average Bonchev–Trinajstić information content (AvgIpc) is 3.27. The summed E-state index contributed by atoms with van der Waals surface area (Å²) in [6.45, 7) is 5.57. The van der Waals surface area contributed by atoms with Crippen molar-refractivity contribution in [2.45, 2.75) is 70.9 Å². The number of fused-ring (bicyclic) bond motifs is 3. The Hall–Kier alpha value is -2.92. The topological polar surface area (TPSA) is 120 Å². The van der Waals surface area contributed by atoms with Crippen LogP contribution in [-0.4, -0.2) is 42.7 Å². The molecule has 1 amide bonds. The molecule has 0 aromatic carbocycles. The number of imidazole rings is 1. The van der Waals surface area contributed by atoms with E-state index in [1.165, 1.54) is 0 Å². The van der Waals surface area contributed by atoms with Gasteiger partial charge in [0.25, 0.3) is 0 Å². The molecule has 0 spiro atoms. The number of hydrogen-bond donors (Lipinski definition) is 3. The first kappa shape index (κ1) is 21.3. The van der Waals surface area contributed by atoms with Gasteiger partial charge in [0.05, 0.1) is 29.8 Å². The summed E-state index contributed by atoms with van der Waals surface area (Å²) in [6.07, 6.45) is 8.40. The van der Waals surface area contributed by atoms with Gasteiger partial charge in [0.15, 0.2) is 0 Å². The van der Waals surface area contributed by atoms with Crippen LogP contribution in [0, 0.1) is 24.2 Å². The number of aromatic nitrogens is 4. The Morgan fingerprint density at radius 2 is 2.13 bits per heavy atom. The summed E-state index contributed by atoms with van der Waals surface area (Å²) in [4.78, 5) is 25.2. The molecule has 0 saturated heterocycles. The zero-order valence-corrected chi connectivity index (χ0v) is 18.4. The first-order valence-corrected chi connectivity index (χ1v) is 11.0. The van der Waals surface area contributed by atoms with Crippen molar-refractivity contribution in [3.05, 3.63) is 23.8 Å². The highest BCUT2D eigenvalue weighted by atomic mass is 16.3. The molecule has 3 aromatic rings. The van der Waals surface area contributed by atoms with Gasteiger partial charge in [-0.05, 0) is 57.9 Å². The van der Waals surface area contributed by atoms with E-state index in [0.717, 1.165) is 59.1 Å². The maximum absolute atomic E-state index is 12.7. The molecule has 0 radical (unpaired) electrons. The fourth-order valence-electron chi connectivity index (χ4n) is 4.65. The van der Waals surface area contributed by atoms with Crippen molar-refractivity contribution < 1.29 is 9.90 Å². The fourth-order valence-corrected chi connectivity index (χ4v) is 4.65. The molecule has 0 bridgehead atoms. The number of aliphatic hydroxyl groups is 1. The maximum atomic E-state index is 12.7. The lowest BCUT2D eigenvalue weighted by molar-refractivity contribution is -0.121. The molecule has 3 heterocycles. The fraction of sp³-hybridized carbons (Fsp3) is 0.565. The van der Waals surface area contributed by atoms with Gasteiger partial charge < -0.3 is 20.0 Å². The first-order valence-electron chi connectivity index (χ1n) is 11.0. The highest BCUT2D eigenvalue weighted by molar-refractivity contribution is 6.03. The summed E-state index contributed by atoms with van der Waals surface area (Å²) in [5, 5.41) is 22.8. The Labute approximate surface area is 181 Å². The van der Waals surface area contributed by atoms with Gasteiger partial charge in [0.1, 0.15) is 17.0 Å². The van der Waals surface area contributed by atoms with E-state index in [1.54, 1.807) is 20.0 Å². The van der Waals surface area contributed by atoms with Crippen molar-refractivity contribution in [2.75, 3.05) is 6.54 Å². The number of pyridine rings is 1. The molecule has 164 valence electrons. The summed E-state index contributed by atoms with van der Waals surface area (Å²) in [7, 11) is 0. The van der Waals surface area contributed by atoms with E-state index >= 15 is 0 Å². The van der Waals surface area contributed by atoms with Gasteiger partial charge in [0.2, 0.25) is 5.91 Å². The molecule has 1 fully saturated rings. The second kappa shape index (κ2) is 8.31. The van der Waals surface area contributed by atoms with Crippen LogP contribution in [0.15, 0.2) is 12.4 Å². The molecule has 8 nitrogen and oxygen atoms in total. The minimum Gasteiger partial charge on any atom is -0.389 e. The van der Waals surface area contributed by atoms with Crippen molar-refractivity contribution in [1.29, 1.82) is 5.26 Å². The number of carbonyl (C=O) groups is 1. The van der Waals surface area contributed by atoms with Crippen LogP contribution in [0.4, 0.5) is 0 Å². The van der Waals surface area contributed by atoms with Gasteiger partial charge in [-0.3, -0.25) is 4.79 Å². The smallest absolute Gasteiger partial charge is 0.227 e. The largest absolute Gasteiger partial charge is 0.389 e. The lowest BCUT2D eigenvalue weighted by atomic mass is 9.84. The molecule has 1 aliphatic rings. The van der Waals surface area contributed by atoms with Gasteiger partial charge in [0, 0.05) is 30.6 Å². The van der Waals surface area contributed by atoms with Gasteiger partial charge in [-0.25, -0.2) is 9.97 Å². The molecular formula is C23H30N6O2. The highest BCUT2D eigenvalue weighted by Gasteiger charge is 2.28. The van der Waals surface area contributed by atoms with E-state index in [4.69, 9.17) is 10.2 Å². The van der Waals surface area contributed by atoms with Crippen LogP contribution in [0.1, 0.15) is 63.4 Å². The number of nitrogens with one attached hydrogen (secondary N) is 2. The molecule has 3 aromatic heterocycles. The van der Waals surface area contributed by atoms with Crippen molar-refractivity contribution in [3.8, 4) is 6.07 Å². The third kappa shape index (κ3) is 4.42. The number of nitrogens with zero attached hydrogens (tertiary/aromatic N) is 4. The number of aromatic amines is 1. The van der Waals surface area contributed by atoms with Gasteiger partial charge in [-0.15, -0.1) is 0 Å². The molecule has 1 aliphatic carbocycles. The van der Waals surface area contributed by atoms with E-state index in [2.05, 4.69) is 32.8 Å². The Balaban J connectivity index is 1.72. The van der Waals surface area contributed by atoms with Crippen molar-refractivity contribution in [1.82, 2.24) is 24.8 Å². The Kier molecular flexibility index (Phi) is 5.71. The molecule has 4 rings (SSSR count). The second-order valence-electron chi connectivity index (χ2n) is 9.39. The number of carbonyl (C=O) groups excluding carboxylic acids is 1. The van der Waals surface area contributed by atoms with Crippen LogP contribution in [0.5, 0.6) is 0 Å². The number of nitriles is 1. The molecule has 0 atom stereocenters. The van der Waals surface area contributed by atoms with Crippen molar-refractivity contribution in [3.63, 3.8) is 0 Å². The number of rotatable bonds is 6. The summed E-state index contributed by atoms with van der Waals surface area (Å²) in [6, 6.07) is 2.54. The molecule has 0 aliphatic heterocycles. The molecule has 3 N–H and O–H groups in total. The van der Waals surface area contributed by atoms with Crippen LogP contribution in [0.3, 0.4) is 0 Å². The van der Waals surface area contributed by atoms with E-state index in [0.29, 0.717) is 12.3 Å². The predicted octanol–water partition coefficient (Wildman–Crippen LogP) is 3.30. The van der Waals surface area contributed by atoms with E-state index in [1.807, 2.05) is 6.20 Å². The predicted molar refractivity (Wildman–Crippen MR) is 118 cm³/mol. The number of H-pyrrole nitrogens is 1. The average molecular weight is 423 g/mol. The summed E-state index contributed by atoms with van der Waals surface area (Å²) in [5.41, 5.74) is 2.78. The number of hydrogen-bond acceptors (Lipinski definition) is 5. The van der Waals surface area contributed by atoms with Crippen LogP contribution in [0.2, 0.25) is 0 Å². The number of amides is 1. The monoisotopic (exact) mass is 422 g/mol. The van der Waals surface area contributed by atoms with E-state index in [9.17, 15) is 9.90 Å². The van der Waals surface area contributed by atoms with Crippen LogP contribution in [-0.2, 0) is 11.2 Å². The summed E-state index contributed by atoms with van der Waals surface area (Å²) < 4.78 is 2.24. The van der Waals surface area contributed by atoms with E-state index < -0.39 is 5.60 Å². The van der Waals surface area contributed by atoms with Crippen LogP contribution < -0.4 is 5.32 Å². The highest BCUT2D eigenvalue weighted by Crippen LogP contribution is 2.38. The van der Waals surface area contributed by atoms with Crippen molar-refractivity contribution >= 4 is 28.0 Å². The molecule has 31 heavy (non-hydrogen) atoms. The van der Waals surface area contributed by atoms with Gasteiger partial charge in [-0.2, -0.15) is 5.26 Å². The van der Waals surface area contributed by atoms with Crippen LogP contribution >= 0.6 is 0 Å². The summed E-state index contributed by atoms with van der Waals surface area (Å²) >= 11 is 0. The standard InChI is InChI=1S/C23H30N6O2/c1-14-11-25-22-20(14)21-17(12-26-22)28-18(10-19(30)27-13-23(2,3)31)29(21)16-6-4-15(5-7-16)8-9-24/h11-12,15-16,31H,4-8,10,13H2,1-3H3,(H,25,26)(H,27,30). The van der Waals surface area contributed by atoms with Crippen molar-refractivity contribution in [2.24, 2.45) is 5.92 Å². The lowest BCUT2D eigenvalue weighted by Gasteiger charge is -2.30. The Morgan fingerprint density at radius 1 is 1.39 bits per heavy atom. The lowest BCUT2D eigenvalue weighted by Crippen LogP contribution is -2.39. The molecule has 0 unspecified atom stereocenters. The molecule has 8 heteroatoms. The third-order valence-electron chi connectivity index (χ3n) is 6.22. The normalized spacial score (nSPS) is 19.6. The maximum Gasteiger partial charge on any atom is 0.227 e. The third-order valence-corrected chi connectivity index (χ3v) is 6.22. The van der Waals surface area contributed by atoms with Gasteiger partial charge in [-0.1, -0.05) is 0 Å². The SMILES string of the molecule is Cc1c[nH]c2ncc3nc(CC(=O)NCC(C)(C)O)n(C4CCC(CC#N)CC4)c3c12. The minimum absolute atomic E-state index is 0.147. The Bertz CT molecular complexity index is 1140. The summed E-state index contributed by atoms with van der Waals surface area (Å²) in [5.74, 6) is 1.01. The van der Waals surface area contributed by atoms with Crippen LogP contribution in [0.25, 0.3) is 22.1 Å². The quantitative estimate of drug-likeness (QED) is 0.563.